The van der Waals surface area contributed by atoms with Crippen molar-refractivity contribution in [3.8, 4) is 5.69 Å². The summed E-state index contributed by atoms with van der Waals surface area (Å²) >= 11 is 0. The van der Waals surface area contributed by atoms with E-state index in [0.29, 0.717) is 18.1 Å². The number of guanidine groups is 1. The van der Waals surface area contributed by atoms with Gasteiger partial charge in [0, 0.05) is 29.9 Å². The molecule has 0 bridgehead atoms. The zero-order valence-corrected chi connectivity index (χ0v) is 19.3. The summed E-state index contributed by atoms with van der Waals surface area (Å²) in [6, 6.07) is 16.8. The van der Waals surface area contributed by atoms with Crippen LogP contribution in [0.5, 0.6) is 0 Å². The fourth-order valence-corrected chi connectivity index (χ4v) is 3.06. The number of hydrogen-bond acceptors (Lipinski definition) is 2. The highest BCUT2D eigenvalue weighted by atomic mass is 127. The van der Waals surface area contributed by atoms with Crippen molar-refractivity contribution in [2.45, 2.75) is 33.9 Å². The molecule has 0 saturated carbocycles. The zero-order chi connectivity index (χ0) is 19.9. The summed E-state index contributed by atoms with van der Waals surface area (Å²) in [5, 5.41) is 11.2. The van der Waals surface area contributed by atoms with E-state index in [1.54, 1.807) is 12.1 Å². The topological polar surface area (TPSA) is 54.2 Å². The first-order valence-corrected chi connectivity index (χ1v) is 9.46. The van der Waals surface area contributed by atoms with E-state index in [0.717, 1.165) is 29.2 Å². The van der Waals surface area contributed by atoms with Crippen LogP contribution < -0.4 is 10.6 Å². The third kappa shape index (κ3) is 5.79. The molecular weight excluding hydrogens is 480 g/mol. The number of halogens is 2. The summed E-state index contributed by atoms with van der Waals surface area (Å²) in [4.78, 5) is 4.51. The molecule has 5 nitrogen and oxygen atoms in total. The molecule has 0 spiro atoms. The minimum absolute atomic E-state index is 0. The van der Waals surface area contributed by atoms with Crippen LogP contribution in [-0.2, 0) is 13.1 Å². The minimum Gasteiger partial charge on any atom is -0.357 e. The molecule has 0 amide bonds. The summed E-state index contributed by atoms with van der Waals surface area (Å²) in [6.07, 6.45) is 0. The Kier molecular flexibility index (Phi) is 8.63. The minimum atomic E-state index is -0.238. The van der Waals surface area contributed by atoms with Crippen molar-refractivity contribution in [3.63, 3.8) is 0 Å². The van der Waals surface area contributed by atoms with Gasteiger partial charge in [0.1, 0.15) is 5.82 Å². The average molecular weight is 507 g/mol. The molecule has 0 atom stereocenters. The van der Waals surface area contributed by atoms with E-state index in [2.05, 4.69) is 27.6 Å². The summed E-state index contributed by atoms with van der Waals surface area (Å²) < 4.78 is 15.8. The lowest BCUT2D eigenvalue weighted by molar-refractivity contribution is 0.610. The standard InChI is InChI=1S/C22H26FN5.HI/c1-4-24-22(25-14-18-10-8-9-13-21(18)23)26-15-20-16(2)27-28(17(20)3)19-11-6-5-7-12-19;/h5-13H,4,14-15H2,1-3H3,(H2,24,25,26);1H. The molecule has 3 aromatic rings. The van der Waals surface area contributed by atoms with E-state index in [-0.39, 0.29) is 36.3 Å². The van der Waals surface area contributed by atoms with Crippen LogP contribution in [0.2, 0.25) is 0 Å². The molecule has 0 aliphatic rings. The quantitative estimate of drug-likeness (QED) is 0.294. The molecule has 3 rings (SSSR count). The van der Waals surface area contributed by atoms with E-state index in [1.807, 2.05) is 54.9 Å². The second kappa shape index (κ2) is 10.9. The Labute approximate surface area is 188 Å². The van der Waals surface area contributed by atoms with Crippen LogP contribution in [0.3, 0.4) is 0 Å². The molecule has 154 valence electrons. The van der Waals surface area contributed by atoms with E-state index in [4.69, 9.17) is 0 Å². The van der Waals surface area contributed by atoms with Crippen LogP contribution >= 0.6 is 24.0 Å². The van der Waals surface area contributed by atoms with Gasteiger partial charge in [0.25, 0.3) is 0 Å². The van der Waals surface area contributed by atoms with Crippen LogP contribution in [0.1, 0.15) is 29.4 Å². The Hall–Kier alpha value is -2.42. The molecular formula is C22H27FIN5. The number of aryl methyl sites for hydroxylation is 1. The van der Waals surface area contributed by atoms with Crippen molar-refractivity contribution in [1.29, 1.82) is 0 Å². The molecule has 0 saturated heterocycles. The van der Waals surface area contributed by atoms with Gasteiger partial charge in [-0.25, -0.2) is 14.1 Å². The molecule has 0 radical (unpaired) electrons. The lowest BCUT2D eigenvalue weighted by Gasteiger charge is -2.12. The molecule has 2 N–H and O–H groups in total. The summed E-state index contributed by atoms with van der Waals surface area (Å²) in [5.41, 5.74) is 4.79. The highest BCUT2D eigenvalue weighted by Gasteiger charge is 2.13. The van der Waals surface area contributed by atoms with Gasteiger partial charge in [-0.05, 0) is 39.0 Å². The van der Waals surface area contributed by atoms with E-state index >= 15 is 0 Å². The molecule has 0 unspecified atom stereocenters. The Bertz CT molecular complexity index is 953. The fraction of sp³-hybridized carbons (Fsp3) is 0.273. The molecule has 29 heavy (non-hydrogen) atoms. The second-order valence-electron chi connectivity index (χ2n) is 6.54. The normalized spacial score (nSPS) is 11.1. The first-order chi connectivity index (χ1) is 13.6. The average Bonchev–Trinajstić information content (AvgIpc) is 2.99. The van der Waals surface area contributed by atoms with Gasteiger partial charge in [-0.2, -0.15) is 5.10 Å². The smallest absolute Gasteiger partial charge is 0.191 e. The van der Waals surface area contributed by atoms with Gasteiger partial charge in [0.15, 0.2) is 5.96 Å². The largest absolute Gasteiger partial charge is 0.357 e. The van der Waals surface area contributed by atoms with Crippen molar-refractivity contribution in [2.75, 3.05) is 6.54 Å². The van der Waals surface area contributed by atoms with Crippen LogP contribution in [0.15, 0.2) is 59.6 Å². The van der Waals surface area contributed by atoms with Crippen LogP contribution in [0.25, 0.3) is 5.69 Å². The molecule has 0 fully saturated rings. The van der Waals surface area contributed by atoms with Crippen molar-refractivity contribution in [3.05, 3.63) is 82.9 Å². The molecule has 0 aliphatic heterocycles. The van der Waals surface area contributed by atoms with Gasteiger partial charge in [0.2, 0.25) is 0 Å². The van der Waals surface area contributed by atoms with Gasteiger partial charge in [0.05, 0.1) is 17.9 Å². The van der Waals surface area contributed by atoms with Crippen molar-refractivity contribution >= 4 is 29.9 Å². The van der Waals surface area contributed by atoms with Crippen LogP contribution in [0, 0.1) is 19.7 Å². The third-order valence-electron chi connectivity index (χ3n) is 4.58. The number of para-hydroxylation sites is 1. The fourth-order valence-electron chi connectivity index (χ4n) is 3.06. The Morgan fingerprint density at radius 2 is 1.72 bits per heavy atom. The van der Waals surface area contributed by atoms with Gasteiger partial charge in [-0.15, -0.1) is 24.0 Å². The van der Waals surface area contributed by atoms with E-state index in [9.17, 15) is 4.39 Å². The van der Waals surface area contributed by atoms with E-state index < -0.39 is 0 Å². The predicted octanol–water partition coefficient (Wildman–Crippen LogP) is 4.50. The number of hydrogen-bond donors (Lipinski definition) is 2. The van der Waals surface area contributed by atoms with Gasteiger partial charge in [-0.3, -0.25) is 0 Å². The molecule has 2 aromatic carbocycles. The molecule has 1 heterocycles. The number of aromatic nitrogens is 2. The van der Waals surface area contributed by atoms with Crippen molar-refractivity contribution in [1.82, 2.24) is 20.4 Å². The number of benzene rings is 2. The maximum absolute atomic E-state index is 13.8. The summed E-state index contributed by atoms with van der Waals surface area (Å²) in [5.74, 6) is 0.412. The van der Waals surface area contributed by atoms with Gasteiger partial charge < -0.3 is 10.6 Å². The zero-order valence-electron chi connectivity index (χ0n) is 16.9. The van der Waals surface area contributed by atoms with E-state index in [1.165, 1.54) is 6.07 Å². The Morgan fingerprint density at radius 1 is 1.03 bits per heavy atom. The molecule has 0 aliphatic carbocycles. The van der Waals surface area contributed by atoms with Crippen molar-refractivity contribution in [2.24, 2.45) is 4.99 Å². The Balaban J connectivity index is 0.00000300. The van der Waals surface area contributed by atoms with Crippen LogP contribution in [0.4, 0.5) is 4.39 Å². The SMILES string of the molecule is CCNC(=NCc1ccccc1F)NCc1c(C)nn(-c2ccccc2)c1C.I. The lowest BCUT2D eigenvalue weighted by Crippen LogP contribution is -2.37. The Morgan fingerprint density at radius 3 is 2.41 bits per heavy atom. The first-order valence-electron chi connectivity index (χ1n) is 9.46. The maximum Gasteiger partial charge on any atom is 0.191 e. The summed E-state index contributed by atoms with van der Waals surface area (Å²) in [6.45, 7) is 7.67. The maximum atomic E-state index is 13.8. The monoisotopic (exact) mass is 507 g/mol. The number of nitrogens with zero attached hydrogens (tertiary/aromatic N) is 3. The summed E-state index contributed by atoms with van der Waals surface area (Å²) in [7, 11) is 0. The predicted molar refractivity (Wildman–Crippen MR) is 127 cm³/mol. The number of nitrogens with one attached hydrogen (secondary N) is 2. The molecule has 1 aromatic heterocycles. The first kappa shape index (κ1) is 22.9. The van der Waals surface area contributed by atoms with Gasteiger partial charge >= 0.3 is 0 Å². The highest BCUT2D eigenvalue weighted by molar-refractivity contribution is 14.0. The number of aliphatic imine (C=N–C) groups is 1. The number of rotatable bonds is 6. The van der Waals surface area contributed by atoms with Crippen molar-refractivity contribution < 1.29 is 4.39 Å². The van der Waals surface area contributed by atoms with Crippen LogP contribution in [-0.4, -0.2) is 22.3 Å². The second-order valence-corrected chi connectivity index (χ2v) is 6.54. The van der Waals surface area contributed by atoms with Gasteiger partial charge in [-0.1, -0.05) is 36.4 Å². The highest BCUT2D eigenvalue weighted by Crippen LogP contribution is 2.17. The third-order valence-corrected chi connectivity index (χ3v) is 4.58. The molecule has 7 heteroatoms. The lowest BCUT2D eigenvalue weighted by atomic mass is 10.2.